The highest BCUT2D eigenvalue weighted by Crippen LogP contribution is 2.36. The van der Waals surface area contributed by atoms with Gasteiger partial charge in [-0.2, -0.15) is 13.2 Å². The van der Waals surface area contributed by atoms with E-state index in [1.54, 1.807) is 6.92 Å². The summed E-state index contributed by atoms with van der Waals surface area (Å²) in [6, 6.07) is 5.26. The van der Waals surface area contributed by atoms with Gasteiger partial charge < -0.3 is 4.74 Å². The summed E-state index contributed by atoms with van der Waals surface area (Å²) in [5, 5.41) is 0. The van der Waals surface area contributed by atoms with Crippen LogP contribution in [-0.2, 0) is 6.18 Å². The average molecular weight is 248 g/mol. The first-order chi connectivity index (χ1) is 7.95. The number of rotatable bonds is 3. The SMILES string of the molecule is CC.CCC(C)Oc1ccccc1C(F)(F)F. The molecule has 0 radical (unpaired) electrons. The van der Waals surface area contributed by atoms with Crippen LogP contribution >= 0.6 is 0 Å². The number of ether oxygens (including phenoxy) is 1. The van der Waals surface area contributed by atoms with E-state index in [0.29, 0.717) is 6.42 Å². The van der Waals surface area contributed by atoms with Gasteiger partial charge in [0.05, 0.1) is 11.7 Å². The van der Waals surface area contributed by atoms with Gasteiger partial charge in [0.15, 0.2) is 0 Å². The van der Waals surface area contributed by atoms with Crippen LogP contribution in [0, 0.1) is 0 Å². The molecule has 0 N–H and O–H groups in total. The molecule has 1 aromatic carbocycles. The quantitative estimate of drug-likeness (QED) is 0.738. The van der Waals surface area contributed by atoms with Crippen molar-refractivity contribution in [2.24, 2.45) is 0 Å². The first-order valence-electron chi connectivity index (χ1n) is 5.78. The molecule has 0 amide bonds. The Morgan fingerprint density at radius 3 is 2.18 bits per heavy atom. The number of halogens is 3. The Morgan fingerprint density at radius 1 is 1.18 bits per heavy atom. The maximum Gasteiger partial charge on any atom is 0.419 e. The zero-order chi connectivity index (χ0) is 13.5. The van der Waals surface area contributed by atoms with E-state index >= 15 is 0 Å². The predicted octanol–water partition coefficient (Wildman–Crippen LogP) is 4.91. The number of alkyl halides is 3. The van der Waals surface area contributed by atoms with Gasteiger partial charge in [-0.15, -0.1) is 0 Å². The maximum absolute atomic E-state index is 12.5. The van der Waals surface area contributed by atoms with Crippen LogP contribution in [0.1, 0.15) is 39.7 Å². The van der Waals surface area contributed by atoms with Gasteiger partial charge in [0.2, 0.25) is 0 Å². The van der Waals surface area contributed by atoms with Gasteiger partial charge in [0.1, 0.15) is 5.75 Å². The summed E-state index contributed by atoms with van der Waals surface area (Å²) in [5.74, 6) is -0.0978. The van der Waals surface area contributed by atoms with Crippen LogP contribution in [0.25, 0.3) is 0 Å². The molecule has 1 atom stereocenters. The fourth-order valence-electron chi connectivity index (χ4n) is 1.10. The van der Waals surface area contributed by atoms with Crippen molar-refractivity contribution in [2.75, 3.05) is 0 Å². The van der Waals surface area contributed by atoms with Gasteiger partial charge in [-0.05, 0) is 25.5 Å². The maximum atomic E-state index is 12.5. The molecule has 1 unspecified atom stereocenters. The van der Waals surface area contributed by atoms with E-state index < -0.39 is 11.7 Å². The Balaban J connectivity index is 0.00000121. The molecule has 1 rings (SSSR count). The Labute approximate surface area is 101 Å². The lowest BCUT2D eigenvalue weighted by Gasteiger charge is -2.17. The van der Waals surface area contributed by atoms with Gasteiger partial charge in [-0.1, -0.05) is 32.9 Å². The van der Waals surface area contributed by atoms with Gasteiger partial charge in [0, 0.05) is 0 Å². The Morgan fingerprint density at radius 2 is 1.71 bits per heavy atom. The largest absolute Gasteiger partial charge is 0.490 e. The molecule has 1 nitrogen and oxygen atoms in total. The van der Waals surface area contributed by atoms with E-state index in [9.17, 15) is 13.2 Å². The van der Waals surface area contributed by atoms with Crippen LogP contribution in [0.3, 0.4) is 0 Å². The topological polar surface area (TPSA) is 9.23 Å². The minimum atomic E-state index is -4.36. The van der Waals surface area contributed by atoms with E-state index in [0.717, 1.165) is 6.07 Å². The lowest BCUT2D eigenvalue weighted by molar-refractivity contribution is -0.139. The summed E-state index contributed by atoms with van der Waals surface area (Å²) < 4.78 is 42.8. The van der Waals surface area contributed by atoms with Crippen molar-refractivity contribution in [1.82, 2.24) is 0 Å². The molecule has 4 heteroatoms. The van der Waals surface area contributed by atoms with Crippen LogP contribution in [-0.4, -0.2) is 6.10 Å². The van der Waals surface area contributed by atoms with Crippen LogP contribution in [0.15, 0.2) is 24.3 Å². The summed E-state index contributed by atoms with van der Waals surface area (Å²) in [7, 11) is 0. The molecule has 0 spiro atoms. The summed E-state index contributed by atoms with van der Waals surface area (Å²) in [5.41, 5.74) is -0.717. The second-order valence-electron chi connectivity index (χ2n) is 3.33. The van der Waals surface area contributed by atoms with E-state index in [-0.39, 0.29) is 11.9 Å². The molecule has 0 fully saturated rings. The molecule has 0 heterocycles. The third-order valence-corrected chi connectivity index (χ3v) is 2.10. The minimum Gasteiger partial charge on any atom is -0.490 e. The number of para-hydroxylation sites is 1. The molecular formula is C13H19F3O. The molecule has 17 heavy (non-hydrogen) atoms. The van der Waals surface area contributed by atoms with E-state index in [4.69, 9.17) is 4.74 Å². The molecule has 1 aromatic rings. The molecule has 0 saturated carbocycles. The molecule has 0 aromatic heterocycles. The third kappa shape index (κ3) is 5.11. The number of benzene rings is 1. The zero-order valence-corrected chi connectivity index (χ0v) is 10.6. The highest BCUT2D eigenvalue weighted by atomic mass is 19.4. The summed E-state index contributed by atoms with van der Waals surface area (Å²) >= 11 is 0. The minimum absolute atomic E-state index is 0.0978. The standard InChI is InChI=1S/C11H13F3O.C2H6/c1-3-8(2)15-10-7-5-4-6-9(10)11(12,13)14;1-2/h4-8H,3H2,1-2H3;1-2H3. The van der Waals surface area contributed by atoms with Gasteiger partial charge in [0.25, 0.3) is 0 Å². The average Bonchev–Trinajstić information content (AvgIpc) is 2.31. The van der Waals surface area contributed by atoms with Crippen molar-refractivity contribution in [2.45, 2.75) is 46.4 Å². The number of hydrogen-bond donors (Lipinski definition) is 0. The van der Waals surface area contributed by atoms with Crippen molar-refractivity contribution in [3.05, 3.63) is 29.8 Å². The second-order valence-corrected chi connectivity index (χ2v) is 3.33. The van der Waals surface area contributed by atoms with Crippen LogP contribution in [0.2, 0.25) is 0 Å². The van der Waals surface area contributed by atoms with Crippen LogP contribution < -0.4 is 4.74 Å². The smallest absolute Gasteiger partial charge is 0.419 e. The Bertz CT molecular complexity index is 321. The predicted molar refractivity (Wildman–Crippen MR) is 63.2 cm³/mol. The Kier molecular flexibility index (Phi) is 6.69. The number of hydrogen-bond acceptors (Lipinski definition) is 1. The second kappa shape index (κ2) is 7.20. The van der Waals surface area contributed by atoms with E-state index in [1.165, 1.54) is 18.2 Å². The van der Waals surface area contributed by atoms with Crippen molar-refractivity contribution < 1.29 is 17.9 Å². The fourth-order valence-corrected chi connectivity index (χ4v) is 1.10. The highest BCUT2D eigenvalue weighted by Gasteiger charge is 2.34. The van der Waals surface area contributed by atoms with E-state index in [2.05, 4.69) is 0 Å². The van der Waals surface area contributed by atoms with Gasteiger partial charge >= 0.3 is 6.18 Å². The molecule has 0 bridgehead atoms. The Hall–Kier alpha value is -1.19. The molecule has 0 saturated heterocycles. The lowest BCUT2D eigenvalue weighted by atomic mass is 10.2. The highest BCUT2D eigenvalue weighted by molar-refractivity contribution is 5.35. The summed E-state index contributed by atoms with van der Waals surface area (Å²) in [6.45, 7) is 7.61. The first kappa shape index (κ1) is 15.8. The third-order valence-electron chi connectivity index (χ3n) is 2.10. The first-order valence-corrected chi connectivity index (χ1v) is 5.78. The summed E-state index contributed by atoms with van der Waals surface area (Å²) in [4.78, 5) is 0. The van der Waals surface area contributed by atoms with Crippen molar-refractivity contribution in [1.29, 1.82) is 0 Å². The van der Waals surface area contributed by atoms with E-state index in [1.807, 2.05) is 20.8 Å². The monoisotopic (exact) mass is 248 g/mol. The van der Waals surface area contributed by atoms with Crippen molar-refractivity contribution >= 4 is 0 Å². The van der Waals surface area contributed by atoms with Crippen LogP contribution in [0.4, 0.5) is 13.2 Å². The molecule has 0 aliphatic carbocycles. The van der Waals surface area contributed by atoms with Crippen molar-refractivity contribution in [3.63, 3.8) is 0 Å². The van der Waals surface area contributed by atoms with Crippen molar-refractivity contribution in [3.8, 4) is 5.75 Å². The lowest BCUT2D eigenvalue weighted by Crippen LogP contribution is -2.14. The molecule has 98 valence electrons. The van der Waals surface area contributed by atoms with Crippen LogP contribution in [0.5, 0.6) is 5.75 Å². The fraction of sp³-hybridized carbons (Fsp3) is 0.538. The van der Waals surface area contributed by atoms with Gasteiger partial charge in [-0.25, -0.2) is 0 Å². The molecule has 0 aliphatic heterocycles. The molecular weight excluding hydrogens is 229 g/mol. The van der Waals surface area contributed by atoms with Gasteiger partial charge in [-0.3, -0.25) is 0 Å². The zero-order valence-electron chi connectivity index (χ0n) is 10.6. The molecule has 0 aliphatic rings. The summed E-state index contributed by atoms with van der Waals surface area (Å²) in [6.07, 6.45) is -3.90. The normalized spacial score (nSPS) is 12.4.